The van der Waals surface area contributed by atoms with Crippen molar-refractivity contribution in [3.63, 3.8) is 0 Å². The van der Waals surface area contributed by atoms with Gasteiger partial charge < -0.3 is 15.0 Å². The van der Waals surface area contributed by atoms with Gasteiger partial charge >= 0.3 is 11.8 Å². The van der Waals surface area contributed by atoms with E-state index in [0.29, 0.717) is 11.3 Å². The van der Waals surface area contributed by atoms with Crippen LogP contribution in [0, 0.1) is 0 Å². The van der Waals surface area contributed by atoms with Crippen molar-refractivity contribution in [2.45, 2.75) is 31.7 Å². The summed E-state index contributed by atoms with van der Waals surface area (Å²) in [7, 11) is 0. The number of carbonyl (C=O) groups excluding carboxylic acids is 3. The lowest BCUT2D eigenvalue weighted by molar-refractivity contribution is -0.139. The SMILES string of the molecule is O=C(N/N=C/c1ccccc1OCC(=O)N1CCCC1)C(=O)NC1CC1. The first-order valence-corrected chi connectivity index (χ1v) is 8.77. The Morgan fingerprint density at radius 1 is 1.15 bits per heavy atom. The fourth-order valence-corrected chi connectivity index (χ4v) is 2.61. The molecule has 0 unspecified atom stereocenters. The van der Waals surface area contributed by atoms with Crippen molar-refractivity contribution in [1.29, 1.82) is 0 Å². The number of carbonyl (C=O) groups is 3. The van der Waals surface area contributed by atoms with E-state index in [1.165, 1.54) is 6.21 Å². The van der Waals surface area contributed by atoms with Crippen LogP contribution in [-0.2, 0) is 14.4 Å². The number of nitrogens with one attached hydrogen (secondary N) is 2. The highest BCUT2D eigenvalue weighted by molar-refractivity contribution is 6.35. The number of likely N-dealkylation sites (tertiary alicyclic amines) is 1. The van der Waals surface area contributed by atoms with Gasteiger partial charge in [-0.05, 0) is 37.8 Å². The fraction of sp³-hybridized carbons (Fsp3) is 0.444. The molecule has 2 N–H and O–H groups in total. The molecule has 1 saturated carbocycles. The molecule has 1 saturated heterocycles. The topological polar surface area (TPSA) is 100 Å². The normalized spacial score (nSPS) is 16.5. The van der Waals surface area contributed by atoms with Gasteiger partial charge in [-0.1, -0.05) is 12.1 Å². The van der Waals surface area contributed by atoms with E-state index in [2.05, 4.69) is 15.8 Å². The van der Waals surface area contributed by atoms with Gasteiger partial charge in [-0.25, -0.2) is 5.43 Å². The lowest BCUT2D eigenvalue weighted by Gasteiger charge is -2.16. The Balaban J connectivity index is 1.51. The molecule has 2 fully saturated rings. The monoisotopic (exact) mass is 358 g/mol. The van der Waals surface area contributed by atoms with Gasteiger partial charge in [0.2, 0.25) is 0 Å². The molecular weight excluding hydrogens is 336 g/mol. The Morgan fingerprint density at radius 3 is 2.62 bits per heavy atom. The molecule has 0 aromatic heterocycles. The molecule has 8 nitrogen and oxygen atoms in total. The second-order valence-corrected chi connectivity index (χ2v) is 6.36. The van der Waals surface area contributed by atoms with E-state index in [9.17, 15) is 14.4 Å². The molecule has 3 rings (SSSR count). The summed E-state index contributed by atoms with van der Waals surface area (Å²) in [4.78, 5) is 37.0. The standard InChI is InChI=1S/C18H22N4O4/c23-16(22-9-3-4-10-22)12-26-15-6-2-1-5-13(15)11-19-21-18(25)17(24)20-14-7-8-14/h1-2,5-6,11,14H,3-4,7-10,12H2,(H,20,24)(H,21,25)/b19-11+. The van der Waals surface area contributed by atoms with E-state index >= 15 is 0 Å². The predicted octanol–water partition coefficient (Wildman–Crippen LogP) is 0.416. The molecule has 1 aromatic carbocycles. The zero-order valence-electron chi connectivity index (χ0n) is 14.4. The maximum Gasteiger partial charge on any atom is 0.329 e. The predicted molar refractivity (Wildman–Crippen MR) is 94.7 cm³/mol. The lowest BCUT2D eigenvalue weighted by atomic mass is 10.2. The largest absolute Gasteiger partial charge is 0.483 e. The van der Waals surface area contributed by atoms with Gasteiger partial charge in [0.15, 0.2) is 6.61 Å². The van der Waals surface area contributed by atoms with Gasteiger partial charge in [0.05, 0.1) is 6.21 Å². The Morgan fingerprint density at radius 2 is 1.88 bits per heavy atom. The van der Waals surface area contributed by atoms with Crippen LogP contribution >= 0.6 is 0 Å². The molecule has 2 aliphatic rings. The van der Waals surface area contributed by atoms with Crippen LogP contribution in [0.5, 0.6) is 5.75 Å². The Kier molecular flexibility index (Phi) is 5.83. The van der Waals surface area contributed by atoms with E-state index in [-0.39, 0.29) is 18.6 Å². The van der Waals surface area contributed by atoms with Crippen molar-refractivity contribution in [1.82, 2.24) is 15.6 Å². The fourth-order valence-electron chi connectivity index (χ4n) is 2.61. The Hall–Kier alpha value is -2.90. The molecule has 0 atom stereocenters. The summed E-state index contributed by atoms with van der Waals surface area (Å²) in [6.45, 7) is 1.52. The van der Waals surface area contributed by atoms with Crippen LogP contribution in [-0.4, -0.2) is 54.6 Å². The summed E-state index contributed by atoms with van der Waals surface area (Å²) in [5, 5.41) is 6.38. The zero-order valence-corrected chi connectivity index (χ0v) is 14.4. The molecule has 26 heavy (non-hydrogen) atoms. The number of para-hydroxylation sites is 1. The van der Waals surface area contributed by atoms with Crippen LogP contribution in [0.15, 0.2) is 29.4 Å². The van der Waals surface area contributed by atoms with Gasteiger partial charge in [0.1, 0.15) is 5.75 Å². The highest BCUT2D eigenvalue weighted by Crippen LogP contribution is 2.18. The Bertz CT molecular complexity index is 709. The van der Waals surface area contributed by atoms with Crippen LogP contribution in [0.3, 0.4) is 0 Å². The first-order chi connectivity index (χ1) is 12.6. The van der Waals surface area contributed by atoms with Crippen LogP contribution in [0.1, 0.15) is 31.2 Å². The summed E-state index contributed by atoms with van der Waals surface area (Å²) in [5.41, 5.74) is 2.79. The summed E-state index contributed by atoms with van der Waals surface area (Å²) in [5.74, 6) is -1.05. The minimum atomic E-state index is -0.809. The van der Waals surface area contributed by atoms with Crippen molar-refractivity contribution in [3.8, 4) is 5.75 Å². The van der Waals surface area contributed by atoms with E-state index in [0.717, 1.165) is 38.8 Å². The molecule has 3 amide bonds. The van der Waals surface area contributed by atoms with E-state index < -0.39 is 11.8 Å². The smallest absolute Gasteiger partial charge is 0.329 e. The summed E-state index contributed by atoms with van der Waals surface area (Å²) >= 11 is 0. The van der Waals surface area contributed by atoms with Crippen LogP contribution in [0.4, 0.5) is 0 Å². The van der Waals surface area contributed by atoms with Crippen molar-refractivity contribution in [2.75, 3.05) is 19.7 Å². The maximum atomic E-state index is 12.1. The molecule has 0 bridgehead atoms. The van der Waals surface area contributed by atoms with Gasteiger partial charge in [0.25, 0.3) is 5.91 Å². The van der Waals surface area contributed by atoms with Crippen LogP contribution in [0.25, 0.3) is 0 Å². The highest BCUT2D eigenvalue weighted by atomic mass is 16.5. The third-order valence-electron chi connectivity index (χ3n) is 4.22. The molecule has 1 aliphatic carbocycles. The number of hydrogen-bond acceptors (Lipinski definition) is 5. The first kappa shape index (κ1) is 17.9. The molecular formula is C18H22N4O4. The third-order valence-corrected chi connectivity index (χ3v) is 4.22. The number of nitrogens with zero attached hydrogens (tertiary/aromatic N) is 2. The van der Waals surface area contributed by atoms with E-state index in [4.69, 9.17) is 4.74 Å². The molecule has 0 spiro atoms. The summed E-state index contributed by atoms with van der Waals surface area (Å²) < 4.78 is 5.60. The van der Waals surface area contributed by atoms with Gasteiger partial charge in [-0.2, -0.15) is 5.10 Å². The van der Waals surface area contributed by atoms with Crippen molar-refractivity contribution in [2.24, 2.45) is 5.10 Å². The minimum absolute atomic E-state index is 0.0407. The Labute approximate surface area is 151 Å². The minimum Gasteiger partial charge on any atom is -0.483 e. The lowest BCUT2D eigenvalue weighted by Crippen LogP contribution is -2.38. The van der Waals surface area contributed by atoms with Crippen molar-refractivity contribution < 1.29 is 19.1 Å². The number of hydrazone groups is 1. The van der Waals surface area contributed by atoms with Gasteiger partial charge in [-0.3, -0.25) is 14.4 Å². The maximum absolute atomic E-state index is 12.1. The van der Waals surface area contributed by atoms with E-state index in [1.807, 2.05) is 0 Å². The molecule has 1 aromatic rings. The molecule has 1 heterocycles. The third kappa shape index (κ3) is 5.05. The quantitative estimate of drug-likeness (QED) is 0.437. The molecule has 138 valence electrons. The van der Waals surface area contributed by atoms with Crippen molar-refractivity contribution >= 4 is 23.9 Å². The molecule has 0 radical (unpaired) electrons. The number of hydrogen-bond donors (Lipinski definition) is 2. The second-order valence-electron chi connectivity index (χ2n) is 6.36. The zero-order chi connectivity index (χ0) is 18.4. The van der Waals surface area contributed by atoms with Gasteiger partial charge in [-0.15, -0.1) is 0 Å². The number of ether oxygens (including phenoxy) is 1. The average molecular weight is 358 g/mol. The number of rotatable bonds is 6. The first-order valence-electron chi connectivity index (χ1n) is 8.77. The van der Waals surface area contributed by atoms with E-state index in [1.54, 1.807) is 29.2 Å². The molecule has 8 heteroatoms. The van der Waals surface area contributed by atoms with Gasteiger partial charge in [0, 0.05) is 24.7 Å². The van der Waals surface area contributed by atoms with Crippen LogP contribution < -0.4 is 15.5 Å². The second kappa shape index (κ2) is 8.46. The average Bonchev–Trinajstić information content (AvgIpc) is 3.29. The molecule has 1 aliphatic heterocycles. The van der Waals surface area contributed by atoms with Crippen LogP contribution in [0.2, 0.25) is 0 Å². The number of amides is 3. The number of benzene rings is 1. The summed E-state index contributed by atoms with van der Waals surface area (Å²) in [6.07, 6.45) is 5.26. The van der Waals surface area contributed by atoms with Crippen molar-refractivity contribution in [3.05, 3.63) is 29.8 Å². The highest BCUT2D eigenvalue weighted by Gasteiger charge is 2.26. The summed E-state index contributed by atoms with van der Waals surface area (Å²) in [6, 6.07) is 7.15.